The molecule has 0 saturated heterocycles. The van der Waals surface area contributed by atoms with Gasteiger partial charge >= 0.3 is 0 Å². The highest BCUT2D eigenvalue weighted by molar-refractivity contribution is 7.99. The molecule has 0 fully saturated rings. The predicted molar refractivity (Wildman–Crippen MR) is 56.9 cm³/mol. The van der Waals surface area contributed by atoms with Crippen molar-refractivity contribution in [3.05, 3.63) is 23.8 Å². The summed E-state index contributed by atoms with van der Waals surface area (Å²) in [5, 5.41) is 0. The summed E-state index contributed by atoms with van der Waals surface area (Å²) >= 11 is 1.67. The Hall–Kier alpha value is -0.700. The average Bonchev–Trinajstić information content (AvgIpc) is 2.11. The van der Waals surface area contributed by atoms with Crippen molar-refractivity contribution in [2.45, 2.75) is 18.2 Å². The SMILES string of the molecule is Cc1ccc(N)cc1SCCCF. The quantitative estimate of drug-likeness (QED) is 0.458. The van der Waals surface area contributed by atoms with Crippen LogP contribution < -0.4 is 5.73 Å². The average molecular weight is 199 g/mol. The van der Waals surface area contributed by atoms with Crippen LogP contribution in [0.15, 0.2) is 23.1 Å². The Balaban J connectivity index is 2.59. The Morgan fingerprint density at radius 2 is 2.23 bits per heavy atom. The highest BCUT2D eigenvalue weighted by Gasteiger charge is 1.99. The smallest absolute Gasteiger partial charge is 0.0902 e. The van der Waals surface area contributed by atoms with Crippen LogP contribution >= 0.6 is 11.8 Å². The minimum Gasteiger partial charge on any atom is -0.399 e. The molecule has 13 heavy (non-hydrogen) atoms. The Kier molecular flexibility index (Phi) is 4.09. The molecule has 0 aromatic heterocycles. The summed E-state index contributed by atoms with van der Waals surface area (Å²) in [6.45, 7) is 1.80. The van der Waals surface area contributed by atoms with E-state index in [9.17, 15) is 4.39 Å². The van der Waals surface area contributed by atoms with Crippen LogP contribution in [0, 0.1) is 6.92 Å². The van der Waals surface area contributed by atoms with Gasteiger partial charge in [-0.25, -0.2) is 0 Å². The molecule has 3 heteroatoms. The number of nitrogens with two attached hydrogens (primary N) is 1. The fraction of sp³-hybridized carbons (Fsp3) is 0.400. The Morgan fingerprint density at radius 3 is 2.92 bits per heavy atom. The molecule has 0 aliphatic carbocycles. The molecule has 0 bridgehead atoms. The molecule has 0 amide bonds. The molecular weight excluding hydrogens is 185 g/mol. The van der Waals surface area contributed by atoms with Gasteiger partial charge in [-0.15, -0.1) is 11.8 Å². The molecule has 1 nitrogen and oxygen atoms in total. The first-order valence-corrected chi connectivity index (χ1v) is 5.27. The van der Waals surface area contributed by atoms with E-state index in [1.54, 1.807) is 11.8 Å². The number of aryl methyl sites for hydroxylation is 1. The monoisotopic (exact) mass is 199 g/mol. The van der Waals surface area contributed by atoms with Gasteiger partial charge < -0.3 is 5.73 Å². The van der Waals surface area contributed by atoms with Crippen molar-refractivity contribution >= 4 is 17.4 Å². The second-order valence-electron chi connectivity index (χ2n) is 2.92. The van der Waals surface area contributed by atoms with Gasteiger partial charge in [-0.1, -0.05) is 6.07 Å². The molecule has 1 aromatic carbocycles. The third-order valence-electron chi connectivity index (χ3n) is 1.75. The van der Waals surface area contributed by atoms with Gasteiger partial charge in [0.25, 0.3) is 0 Å². The first-order chi connectivity index (χ1) is 6.24. The maximum atomic E-state index is 11.8. The van der Waals surface area contributed by atoms with Crippen molar-refractivity contribution in [2.75, 3.05) is 18.2 Å². The molecule has 1 rings (SSSR count). The Bertz CT molecular complexity index is 276. The summed E-state index contributed by atoms with van der Waals surface area (Å²) in [5.41, 5.74) is 7.62. The first-order valence-electron chi connectivity index (χ1n) is 4.29. The van der Waals surface area contributed by atoms with Crippen molar-refractivity contribution in [1.29, 1.82) is 0 Å². The zero-order valence-corrected chi connectivity index (χ0v) is 8.53. The van der Waals surface area contributed by atoms with Gasteiger partial charge in [0.05, 0.1) is 6.67 Å². The number of thioether (sulfide) groups is 1. The van der Waals surface area contributed by atoms with Crippen molar-refractivity contribution in [2.24, 2.45) is 0 Å². The summed E-state index contributed by atoms with van der Waals surface area (Å²) in [7, 11) is 0. The molecule has 0 aliphatic heterocycles. The Morgan fingerprint density at radius 1 is 1.46 bits per heavy atom. The van der Waals surface area contributed by atoms with Crippen LogP contribution in [0.5, 0.6) is 0 Å². The number of anilines is 1. The summed E-state index contributed by atoms with van der Waals surface area (Å²) in [5.74, 6) is 0.820. The first kappa shape index (κ1) is 10.4. The standard InChI is InChI=1S/C10H14FNS/c1-8-3-4-9(12)7-10(8)13-6-2-5-11/h3-4,7H,2,5-6,12H2,1H3. The fourth-order valence-corrected chi connectivity index (χ4v) is 2.00. The van der Waals surface area contributed by atoms with Crippen LogP contribution in [0.25, 0.3) is 0 Å². The van der Waals surface area contributed by atoms with E-state index >= 15 is 0 Å². The second kappa shape index (κ2) is 5.12. The van der Waals surface area contributed by atoms with Crippen molar-refractivity contribution in [1.82, 2.24) is 0 Å². The number of halogens is 1. The molecule has 0 aliphatic rings. The third-order valence-corrected chi connectivity index (χ3v) is 2.99. The molecule has 0 heterocycles. The molecular formula is C10H14FNS. The number of rotatable bonds is 4. The summed E-state index contributed by atoms with van der Waals surface area (Å²) in [4.78, 5) is 1.16. The maximum absolute atomic E-state index is 11.8. The molecule has 0 atom stereocenters. The van der Waals surface area contributed by atoms with E-state index in [-0.39, 0.29) is 6.67 Å². The lowest BCUT2D eigenvalue weighted by Crippen LogP contribution is -1.88. The topological polar surface area (TPSA) is 26.0 Å². The summed E-state index contributed by atoms with van der Waals surface area (Å²) in [6, 6.07) is 5.82. The number of alkyl halides is 1. The van der Waals surface area contributed by atoms with Crippen LogP contribution in [-0.4, -0.2) is 12.4 Å². The zero-order valence-electron chi connectivity index (χ0n) is 7.72. The minimum absolute atomic E-state index is 0.242. The van der Waals surface area contributed by atoms with Crippen molar-refractivity contribution in [3.63, 3.8) is 0 Å². The van der Waals surface area contributed by atoms with Gasteiger partial charge in [-0.2, -0.15) is 0 Å². The molecule has 0 radical (unpaired) electrons. The lowest BCUT2D eigenvalue weighted by atomic mass is 10.2. The normalized spacial score (nSPS) is 10.3. The molecule has 72 valence electrons. The molecule has 0 unspecified atom stereocenters. The number of hydrogen-bond donors (Lipinski definition) is 1. The predicted octanol–water partition coefficient (Wildman–Crippen LogP) is 3.03. The number of benzene rings is 1. The zero-order chi connectivity index (χ0) is 9.68. The largest absolute Gasteiger partial charge is 0.399 e. The van der Waals surface area contributed by atoms with Gasteiger partial charge in [0.2, 0.25) is 0 Å². The minimum atomic E-state index is -0.242. The van der Waals surface area contributed by atoms with Gasteiger partial charge in [0.1, 0.15) is 0 Å². The highest BCUT2D eigenvalue weighted by atomic mass is 32.2. The van der Waals surface area contributed by atoms with Crippen LogP contribution in [0.3, 0.4) is 0 Å². The van der Waals surface area contributed by atoms with Gasteiger partial charge in [-0.3, -0.25) is 4.39 Å². The van der Waals surface area contributed by atoms with Gasteiger partial charge in [0.15, 0.2) is 0 Å². The third kappa shape index (κ3) is 3.27. The van der Waals surface area contributed by atoms with Crippen molar-refractivity contribution in [3.8, 4) is 0 Å². The van der Waals surface area contributed by atoms with Gasteiger partial charge in [0, 0.05) is 16.3 Å². The number of hydrogen-bond acceptors (Lipinski definition) is 2. The van der Waals surface area contributed by atoms with Crippen LogP contribution in [0.2, 0.25) is 0 Å². The van der Waals surface area contributed by atoms with E-state index in [0.29, 0.717) is 6.42 Å². The van der Waals surface area contributed by atoms with Crippen molar-refractivity contribution < 1.29 is 4.39 Å². The number of nitrogen functional groups attached to an aromatic ring is 1. The van der Waals surface area contributed by atoms with E-state index < -0.39 is 0 Å². The summed E-state index contributed by atoms with van der Waals surface area (Å²) in [6.07, 6.45) is 0.610. The van der Waals surface area contributed by atoms with Crippen LogP contribution in [0.4, 0.5) is 10.1 Å². The fourth-order valence-electron chi connectivity index (χ4n) is 1.01. The molecule has 1 aromatic rings. The van der Waals surface area contributed by atoms with Crippen LogP contribution in [0.1, 0.15) is 12.0 Å². The van der Waals surface area contributed by atoms with E-state index in [2.05, 4.69) is 0 Å². The molecule has 2 N–H and O–H groups in total. The molecule has 0 saturated carbocycles. The van der Waals surface area contributed by atoms with Gasteiger partial charge in [-0.05, 0) is 31.0 Å². The summed E-state index contributed by atoms with van der Waals surface area (Å²) < 4.78 is 11.8. The maximum Gasteiger partial charge on any atom is 0.0902 e. The highest BCUT2D eigenvalue weighted by Crippen LogP contribution is 2.24. The van der Waals surface area contributed by atoms with E-state index in [4.69, 9.17) is 5.73 Å². The van der Waals surface area contributed by atoms with E-state index in [1.807, 2.05) is 25.1 Å². The lowest BCUT2D eigenvalue weighted by Gasteiger charge is -2.05. The van der Waals surface area contributed by atoms with E-state index in [1.165, 1.54) is 5.56 Å². The lowest BCUT2D eigenvalue weighted by molar-refractivity contribution is 0.489. The van der Waals surface area contributed by atoms with Crippen LogP contribution in [-0.2, 0) is 0 Å². The molecule has 0 spiro atoms. The van der Waals surface area contributed by atoms with E-state index in [0.717, 1.165) is 16.3 Å². The second-order valence-corrected chi connectivity index (χ2v) is 4.05. The Labute approximate surface area is 82.5 Å².